The second kappa shape index (κ2) is 5.98. The lowest BCUT2D eigenvalue weighted by Crippen LogP contribution is -2.33. The van der Waals surface area contributed by atoms with Crippen LogP contribution >= 0.6 is 0 Å². The molecule has 0 saturated heterocycles. The molecule has 2 aromatic heterocycles. The number of H-pyrrole nitrogens is 1. The summed E-state index contributed by atoms with van der Waals surface area (Å²) in [4.78, 5) is 24.8. The van der Waals surface area contributed by atoms with Gasteiger partial charge < -0.3 is 0 Å². The van der Waals surface area contributed by atoms with Crippen molar-refractivity contribution in [2.24, 2.45) is 14.1 Å². The van der Waals surface area contributed by atoms with Gasteiger partial charge in [0.1, 0.15) is 5.82 Å². The summed E-state index contributed by atoms with van der Waals surface area (Å²) < 4.78 is 17.6. The van der Waals surface area contributed by atoms with Crippen molar-refractivity contribution in [1.29, 1.82) is 0 Å². The van der Waals surface area contributed by atoms with Crippen LogP contribution in [0.3, 0.4) is 0 Å². The maximum Gasteiger partial charge on any atom is 0.328 e. The Hall–Kier alpha value is -3.61. The largest absolute Gasteiger partial charge is 0.328 e. The fraction of sp³-hybridized carbons (Fsp3) is 0.100. The number of aryl methyl sites for hydroxylation is 2. The van der Waals surface area contributed by atoms with Crippen molar-refractivity contribution in [2.75, 3.05) is 0 Å². The van der Waals surface area contributed by atoms with Crippen molar-refractivity contribution < 1.29 is 4.39 Å². The third-order valence-electron chi connectivity index (χ3n) is 4.70. The Balaban J connectivity index is 1.90. The van der Waals surface area contributed by atoms with Gasteiger partial charge in [-0.05, 0) is 48.0 Å². The zero-order valence-electron chi connectivity index (χ0n) is 14.9. The fourth-order valence-electron chi connectivity index (χ4n) is 3.20. The Kier molecular flexibility index (Phi) is 3.73. The third-order valence-corrected chi connectivity index (χ3v) is 4.70. The van der Waals surface area contributed by atoms with Gasteiger partial charge in [0, 0.05) is 14.1 Å². The minimum absolute atomic E-state index is 0.111. The first-order valence-corrected chi connectivity index (χ1v) is 8.30. The van der Waals surface area contributed by atoms with Crippen LogP contribution in [0.5, 0.6) is 0 Å². The molecule has 0 unspecified atom stereocenters. The molecule has 27 heavy (non-hydrogen) atoms. The highest BCUT2D eigenvalue weighted by molar-refractivity contribution is 5.79. The van der Waals surface area contributed by atoms with Gasteiger partial charge in [0.05, 0.1) is 27.3 Å². The van der Waals surface area contributed by atoms with Crippen LogP contribution in [0, 0.1) is 5.82 Å². The molecule has 4 rings (SSSR count). The van der Waals surface area contributed by atoms with Crippen molar-refractivity contribution in [2.45, 2.75) is 0 Å². The Labute approximate surface area is 152 Å². The molecular formula is C20H17FN4O2. The van der Waals surface area contributed by atoms with E-state index in [1.165, 1.54) is 28.9 Å². The molecule has 136 valence electrons. The average molecular weight is 364 g/mol. The maximum absolute atomic E-state index is 13.1. The second-order valence-electron chi connectivity index (χ2n) is 6.41. The number of rotatable bonds is 2. The summed E-state index contributed by atoms with van der Waals surface area (Å²) in [7, 11) is 3.43. The van der Waals surface area contributed by atoms with Gasteiger partial charge in [-0.1, -0.05) is 12.6 Å². The van der Waals surface area contributed by atoms with E-state index in [0.717, 1.165) is 16.6 Å². The van der Waals surface area contributed by atoms with Crippen LogP contribution in [0.15, 0.2) is 52.1 Å². The van der Waals surface area contributed by atoms with Crippen LogP contribution in [0.25, 0.3) is 29.4 Å². The summed E-state index contributed by atoms with van der Waals surface area (Å²) in [5.41, 5.74) is 2.49. The minimum Gasteiger partial charge on any atom is -0.295 e. The van der Waals surface area contributed by atoms with Crippen LogP contribution in [0.1, 0.15) is 5.56 Å². The van der Waals surface area contributed by atoms with E-state index in [4.69, 9.17) is 0 Å². The fourth-order valence-corrected chi connectivity index (χ4v) is 3.20. The number of aromatic amines is 1. The van der Waals surface area contributed by atoms with Crippen LogP contribution in [-0.4, -0.2) is 18.9 Å². The first-order valence-electron chi connectivity index (χ1n) is 8.30. The zero-order valence-corrected chi connectivity index (χ0v) is 14.9. The van der Waals surface area contributed by atoms with E-state index in [1.807, 2.05) is 18.2 Å². The average Bonchev–Trinajstić information content (AvgIpc) is 3.05. The van der Waals surface area contributed by atoms with E-state index in [1.54, 1.807) is 29.3 Å². The molecule has 6 nitrogen and oxygen atoms in total. The summed E-state index contributed by atoms with van der Waals surface area (Å²) in [5, 5.41) is 3.76. The molecular weight excluding hydrogens is 347 g/mol. The first-order chi connectivity index (χ1) is 12.9. The van der Waals surface area contributed by atoms with E-state index in [9.17, 15) is 14.0 Å². The Bertz CT molecular complexity index is 1400. The molecule has 0 aliphatic rings. The lowest BCUT2D eigenvalue weighted by Gasteiger charge is -1.99. The molecule has 0 atom stereocenters. The van der Waals surface area contributed by atoms with Gasteiger partial charge in [0.2, 0.25) is 0 Å². The lowest BCUT2D eigenvalue weighted by molar-refractivity contribution is 0.627. The standard InChI is InChI=1S/C20H17FN4O2/c1-12-16(19(26)25(22-12)15-7-5-14(21)6-8-15)10-13-4-9-17-18(11-13)24(3)20(27)23(17)2/h4-11,22H,1H2,2-3H3/b16-10-. The van der Waals surface area contributed by atoms with Crippen LogP contribution < -0.4 is 21.8 Å². The normalized spacial score (nSPS) is 12.2. The Morgan fingerprint density at radius 2 is 1.67 bits per heavy atom. The molecule has 1 N–H and O–H groups in total. The van der Waals surface area contributed by atoms with Gasteiger partial charge in [-0.15, -0.1) is 0 Å². The van der Waals surface area contributed by atoms with Crippen LogP contribution in [0.2, 0.25) is 0 Å². The molecule has 0 aliphatic heterocycles. The van der Waals surface area contributed by atoms with Crippen LogP contribution in [-0.2, 0) is 14.1 Å². The molecule has 4 aromatic rings. The minimum atomic E-state index is -0.373. The van der Waals surface area contributed by atoms with Gasteiger partial charge in [0.25, 0.3) is 5.56 Å². The molecule has 0 bridgehead atoms. The van der Waals surface area contributed by atoms with E-state index in [0.29, 0.717) is 16.3 Å². The van der Waals surface area contributed by atoms with E-state index < -0.39 is 0 Å². The molecule has 0 radical (unpaired) electrons. The van der Waals surface area contributed by atoms with Gasteiger partial charge in [-0.25, -0.2) is 13.9 Å². The number of nitrogens with one attached hydrogen (secondary N) is 1. The third kappa shape index (κ3) is 2.64. The highest BCUT2D eigenvalue weighted by Gasteiger charge is 2.09. The number of hydrogen-bond acceptors (Lipinski definition) is 2. The predicted molar refractivity (Wildman–Crippen MR) is 103 cm³/mol. The molecule has 0 amide bonds. The maximum atomic E-state index is 13.1. The van der Waals surface area contributed by atoms with E-state index >= 15 is 0 Å². The molecule has 2 heterocycles. The predicted octanol–water partition coefficient (Wildman–Crippen LogP) is 0.734. The van der Waals surface area contributed by atoms with E-state index in [2.05, 4.69) is 11.7 Å². The number of imidazole rings is 1. The number of fused-ring (bicyclic) bond motifs is 1. The van der Waals surface area contributed by atoms with Crippen molar-refractivity contribution in [3.63, 3.8) is 0 Å². The molecule has 7 heteroatoms. The topological polar surface area (TPSA) is 64.7 Å². The summed E-state index contributed by atoms with van der Waals surface area (Å²) in [5.74, 6) is -0.373. The summed E-state index contributed by atoms with van der Waals surface area (Å²) in [6, 6.07) is 11.2. The van der Waals surface area contributed by atoms with Crippen molar-refractivity contribution in [3.8, 4) is 5.69 Å². The number of nitrogens with zero attached hydrogens (tertiary/aromatic N) is 3. The monoisotopic (exact) mass is 364 g/mol. The quantitative estimate of drug-likeness (QED) is 0.570. The summed E-state index contributed by atoms with van der Waals surface area (Å²) >= 11 is 0. The van der Waals surface area contributed by atoms with Gasteiger partial charge in [-0.2, -0.15) is 0 Å². The zero-order chi connectivity index (χ0) is 19.3. The molecule has 0 fully saturated rings. The number of aromatic nitrogens is 4. The van der Waals surface area contributed by atoms with E-state index in [-0.39, 0.29) is 17.1 Å². The lowest BCUT2D eigenvalue weighted by atomic mass is 10.1. The molecule has 0 spiro atoms. The van der Waals surface area contributed by atoms with Gasteiger partial charge in [-0.3, -0.25) is 19.0 Å². The highest BCUT2D eigenvalue weighted by Crippen LogP contribution is 2.14. The van der Waals surface area contributed by atoms with Crippen molar-refractivity contribution >= 4 is 23.7 Å². The number of hydrogen-bond donors (Lipinski definition) is 1. The summed E-state index contributed by atoms with van der Waals surface area (Å²) in [6.07, 6.45) is 1.72. The molecule has 0 aliphatic carbocycles. The second-order valence-corrected chi connectivity index (χ2v) is 6.41. The Morgan fingerprint density at radius 3 is 2.37 bits per heavy atom. The number of benzene rings is 2. The van der Waals surface area contributed by atoms with Crippen LogP contribution in [0.4, 0.5) is 4.39 Å². The van der Waals surface area contributed by atoms with Crippen molar-refractivity contribution in [3.05, 3.63) is 85.3 Å². The van der Waals surface area contributed by atoms with Gasteiger partial charge >= 0.3 is 5.69 Å². The molecule has 0 saturated carbocycles. The first kappa shape index (κ1) is 16.8. The highest BCUT2D eigenvalue weighted by atomic mass is 19.1. The Morgan fingerprint density at radius 1 is 1.00 bits per heavy atom. The summed E-state index contributed by atoms with van der Waals surface area (Å²) in [6.45, 7) is 3.90. The van der Waals surface area contributed by atoms with Crippen molar-refractivity contribution in [1.82, 2.24) is 18.9 Å². The number of halogens is 1. The smallest absolute Gasteiger partial charge is 0.295 e. The SMILES string of the molecule is C=c1[nH]n(-c2ccc(F)cc2)c(=O)/c1=C\c1ccc2c(c1)n(C)c(=O)n2C. The molecule has 2 aromatic carbocycles. The van der Waals surface area contributed by atoms with Gasteiger partial charge in [0.15, 0.2) is 0 Å².